The van der Waals surface area contributed by atoms with Crippen LogP contribution in [-0.2, 0) is 71.4 Å². The Hall–Kier alpha value is -3.38. The SMILES string of the molecule is CC(=O)OC[C@H]1O[C@H](O[C@H]2O[C@H](CO)[C@@H](OC(C)=O)[C@H](OC(C)=O)[C@H]2OC(C)=O)[C@H](O)[C@@H](OC(C)=O)[C@@H]1OC(C)=O. The minimum Gasteiger partial charge on any atom is -0.463 e. The molecule has 2 saturated heterocycles. The fourth-order valence-corrected chi connectivity index (χ4v) is 4.24. The fraction of sp³-hybridized carbons (Fsp3) is 0.750. The number of carbonyl (C=O) groups excluding carboxylic acids is 6. The standard InChI is InChI=1S/C24H34O17/c1-9(26)33-8-16-19(35-11(3)28)20(36-12(4)29)17(32)23(40-16)41-24-22(38-14(6)31)21(37-13(5)30)18(34-10(2)27)15(7-25)39-24/h15-25,32H,7-8H2,1-6H3/t15-,16-,17-,18-,19-,20-,21+,22-,23-,24-/m1/s1. The summed E-state index contributed by atoms with van der Waals surface area (Å²) < 4.78 is 48.2. The Morgan fingerprint density at radius 1 is 0.561 bits per heavy atom. The molecule has 0 amide bonds. The van der Waals surface area contributed by atoms with Crippen LogP contribution in [0.3, 0.4) is 0 Å². The first kappa shape index (κ1) is 33.8. The molecule has 0 unspecified atom stereocenters. The molecular formula is C24H34O17. The molecule has 17 nitrogen and oxygen atoms in total. The molecule has 0 saturated carbocycles. The summed E-state index contributed by atoms with van der Waals surface area (Å²) in [6, 6.07) is 0. The van der Waals surface area contributed by atoms with Crippen molar-refractivity contribution in [1.82, 2.24) is 0 Å². The second-order valence-electron chi connectivity index (χ2n) is 9.07. The minimum atomic E-state index is -1.88. The summed E-state index contributed by atoms with van der Waals surface area (Å²) in [5.41, 5.74) is 0. The van der Waals surface area contributed by atoms with Gasteiger partial charge in [0.25, 0.3) is 0 Å². The number of aliphatic hydroxyl groups excluding tert-OH is 2. The van der Waals surface area contributed by atoms with Gasteiger partial charge in [0.05, 0.1) is 6.61 Å². The van der Waals surface area contributed by atoms with Crippen molar-refractivity contribution in [3.63, 3.8) is 0 Å². The maximum absolute atomic E-state index is 12.0. The molecular weight excluding hydrogens is 560 g/mol. The van der Waals surface area contributed by atoms with Crippen LogP contribution in [-0.4, -0.2) is 121 Å². The highest BCUT2D eigenvalue weighted by molar-refractivity contribution is 5.69. The van der Waals surface area contributed by atoms with E-state index in [-0.39, 0.29) is 0 Å². The summed E-state index contributed by atoms with van der Waals surface area (Å²) >= 11 is 0. The molecule has 2 fully saturated rings. The molecule has 10 atom stereocenters. The van der Waals surface area contributed by atoms with E-state index in [0.29, 0.717) is 0 Å². The van der Waals surface area contributed by atoms with E-state index in [0.717, 1.165) is 41.5 Å². The van der Waals surface area contributed by atoms with Crippen molar-refractivity contribution >= 4 is 35.8 Å². The second-order valence-corrected chi connectivity index (χ2v) is 9.07. The minimum absolute atomic E-state index is 0.541. The monoisotopic (exact) mass is 594 g/mol. The van der Waals surface area contributed by atoms with Crippen LogP contribution in [0.4, 0.5) is 0 Å². The van der Waals surface area contributed by atoms with E-state index in [1.54, 1.807) is 0 Å². The van der Waals surface area contributed by atoms with E-state index in [2.05, 4.69) is 0 Å². The molecule has 2 heterocycles. The summed E-state index contributed by atoms with van der Waals surface area (Å²) in [5.74, 6) is -5.08. The van der Waals surface area contributed by atoms with Crippen LogP contribution in [0.25, 0.3) is 0 Å². The molecule has 2 rings (SSSR count). The van der Waals surface area contributed by atoms with Gasteiger partial charge in [0.1, 0.15) is 24.9 Å². The van der Waals surface area contributed by atoms with Gasteiger partial charge >= 0.3 is 35.8 Å². The molecule has 2 aliphatic rings. The third-order valence-electron chi connectivity index (χ3n) is 5.62. The van der Waals surface area contributed by atoms with E-state index >= 15 is 0 Å². The normalized spacial score (nSPS) is 33.1. The smallest absolute Gasteiger partial charge is 0.303 e. The van der Waals surface area contributed by atoms with E-state index in [1.165, 1.54) is 0 Å². The molecule has 0 bridgehead atoms. The van der Waals surface area contributed by atoms with Crippen molar-refractivity contribution in [3.05, 3.63) is 0 Å². The van der Waals surface area contributed by atoms with Crippen LogP contribution in [0.15, 0.2) is 0 Å². The van der Waals surface area contributed by atoms with Crippen molar-refractivity contribution in [3.8, 4) is 0 Å². The number of rotatable bonds is 10. The Morgan fingerprint density at radius 3 is 1.44 bits per heavy atom. The van der Waals surface area contributed by atoms with Crippen LogP contribution >= 0.6 is 0 Å². The van der Waals surface area contributed by atoms with Gasteiger partial charge in [-0.25, -0.2) is 0 Å². The number of carbonyl (C=O) groups is 6. The van der Waals surface area contributed by atoms with Crippen molar-refractivity contribution in [2.45, 2.75) is 103 Å². The quantitative estimate of drug-likeness (QED) is 0.206. The Kier molecular flexibility index (Phi) is 12.4. The summed E-state index contributed by atoms with van der Waals surface area (Å²) in [4.78, 5) is 70.7. The number of aliphatic hydroxyl groups is 2. The summed E-state index contributed by atoms with van der Waals surface area (Å²) in [7, 11) is 0. The molecule has 41 heavy (non-hydrogen) atoms. The summed E-state index contributed by atoms with van der Waals surface area (Å²) in [6.07, 6.45) is -15.9. The van der Waals surface area contributed by atoms with E-state index in [1.807, 2.05) is 0 Å². The molecule has 0 aliphatic carbocycles. The van der Waals surface area contributed by atoms with E-state index < -0.39 is 110 Å². The van der Waals surface area contributed by atoms with Crippen molar-refractivity contribution in [1.29, 1.82) is 0 Å². The van der Waals surface area contributed by atoms with Gasteiger partial charge in [0, 0.05) is 41.5 Å². The van der Waals surface area contributed by atoms with Crippen molar-refractivity contribution in [2.24, 2.45) is 0 Å². The highest BCUT2D eigenvalue weighted by atomic mass is 16.8. The highest BCUT2D eigenvalue weighted by Gasteiger charge is 2.56. The number of hydrogen-bond acceptors (Lipinski definition) is 17. The maximum atomic E-state index is 12.0. The largest absolute Gasteiger partial charge is 0.463 e. The van der Waals surface area contributed by atoms with Crippen molar-refractivity contribution < 1.29 is 81.6 Å². The van der Waals surface area contributed by atoms with Crippen molar-refractivity contribution in [2.75, 3.05) is 13.2 Å². The number of esters is 6. The molecule has 17 heteroatoms. The Bertz CT molecular complexity index is 981. The Labute approximate surface area is 234 Å². The first-order valence-corrected chi connectivity index (χ1v) is 12.4. The van der Waals surface area contributed by atoms with E-state index in [4.69, 9.17) is 42.6 Å². The molecule has 0 aromatic heterocycles. The Morgan fingerprint density at radius 2 is 0.976 bits per heavy atom. The second kappa shape index (κ2) is 15.0. The van der Waals surface area contributed by atoms with Gasteiger partial charge in [0.2, 0.25) is 6.29 Å². The highest BCUT2D eigenvalue weighted by Crippen LogP contribution is 2.34. The lowest BCUT2D eigenvalue weighted by Crippen LogP contribution is -2.66. The number of hydrogen-bond donors (Lipinski definition) is 2. The predicted octanol–water partition coefficient (Wildman–Crippen LogP) is -1.97. The van der Waals surface area contributed by atoms with Crippen LogP contribution in [0.5, 0.6) is 0 Å². The lowest BCUT2D eigenvalue weighted by molar-refractivity contribution is -0.377. The molecule has 0 aromatic carbocycles. The van der Waals surface area contributed by atoms with Gasteiger partial charge in [-0.2, -0.15) is 0 Å². The van der Waals surface area contributed by atoms with Gasteiger partial charge in [0.15, 0.2) is 36.8 Å². The lowest BCUT2D eigenvalue weighted by Gasteiger charge is -2.47. The topological polar surface area (TPSA) is 226 Å². The molecule has 232 valence electrons. The predicted molar refractivity (Wildman–Crippen MR) is 126 cm³/mol. The van der Waals surface area contributed by atoms with Gasteiger partial charge in [-0.1, -0.05) is 0 Å². The van der Waals surface area contributed by atoms with E-state index in [9.17, 15) is 39.0 Å². The lowest BCUT2D eigenvalue weighted by atomic mass is 9.97. The van der Waals surface area contributed by atoms with Gasteiger partial charge < -0.3 is 52.8 Å². The average molecular weight is 595 g/mol. The third-order valence-corrected chi connectivity index (χ3v) is 5.62. The maximum Gasteiger partial charge on any atom is 0.303 e. The third kappa shape index (κ3) is 9.60. The first-order valence-electron chi connectivity index (χ1n) is 12.4. The summed E-state index contributed by atoms with van der Waals surface area (Å²) in [5, 5.41) is 21.0. The van der Waals surface area contributed by atoms with Crippen LogP contribution in [0.2, 0.25) is 0 Å². The first-order chi connectivity index (χ1) is 19.1. The van der Waals surface area contributed by atoms with Gasteiger partial charge in [-0.15, -0.1) is 0 Å². The Balaban J connectivity index is 2.50. The fourth-order valence-electron chi connectivity index (χ4n) is 4.24. The molecule has 2 aliphatic heterocycles. The molecule has 0 aromatic rings. The average Bonchev–Trinajstić information content (AvgIpc) is 2.84. The molecule has 2 N–H and O–H groups in total. The summed E-state index contributed by atoms with van der Waals surface area (Å²) in [6.45, 7) is 4.92. The number of ether oxygens (including phenoxy) is 9. The molecule has 0 spiro atoms. The van der Waals surface area contributed by atoms with Crippen LogP contribution in [0.1, 0.15) is 41.5 Å². The van der Waals surface area contributed by atoms with Crippen LogP contribution in [0, 0.1) is 0 Å². The zero-order chi connectivity index (χ0) is 31.0. The van der Waals surface area contributed by atoms with Crippen LogP contribution < -0.4 is 0 Å². The zero-order valence-electron chi connectivity index (χ0n) is 23.2. The zero-order valence-corrected chi connectivity index (χ0v) is 23.2. The van der Waals surface area contributed by atoms with Gasteiger partial charge in [-0.3, -0.25) is 28.8 Å². The molecule has 0 radical (unpaired) electrons. The van der Waals surface area contributed by atoms with Gasteiger partial charge in [-0.05, 0) is 0 Å².